The van der Waals surface area contributed by atoms with E-state index in [4.69, 9.17) is 4.74 Å². The van der Waals surface area contributed by atoms with Crippen molar-refractivity contribution in [3.05, 3.63) is 81.6 Å². The van der Waals surface area contributed by atoms with E-state index >= 15 is 0 Å². The summed E-state index contributed by atoms with van der Waals surface area (Å²) in [6, 6.07) is 11.1. The van der Waals surface area contributed by atoms with Crippen molar-refractivity contribution in [2.24, 2.45) is 0 Å². The molecule has 31 heavy (non-hydrogen) atoms. The second kappa shape index (κ2) is 7.96. The molecule has 1 fully saturated rings. The van der Waals surface area contributed by atoms with Gasteiger partial charge >= 0.3 is 5.91 Å². The van der Waals surface area contributed by atoms with Crippen LogP contribution in [0.1, 0.15) is 27.7 Å². The lowest BCUT2D eigenvalue weighted by Crippen LogP contribution is -2.29. The van der Waals surface area contributed by atoms with Crippen molar-refractivity contribution in [1.82, 2.24) is 4.98 Å². The Labute approximate surface area is 182 Å². The Morgan fingerprint density at radius 1 is 1.10 bits per heavy atom. The number of thiazole rings is 1. The third kappa shape index (κ3) is 3.59. The minimum atomic E-state index is -0.888. The molecule has 1 atom stereocenters. The highest BCUT2D eigenvalue weighted by Crippen LogP contribution is 2.43. The maximum atomic E-state index is 13.4. The third-order valence-corrected chi connectivity index (χ3v) is 6.29. The Kier molecular flexibility index (Phi) is 5.32. The van der Waals surface area contributed by atoms with E-state index in [2.05, 4.69) is 4.98 Å². The molecule has 0 spiro atoms. The lowest BCUT2D eigenvalue weighted by Gasteiger charge is -2.23. The van der Waals surface area contributed by atoms with Crippen molar-refractivity contribution in [1.29, 1.82) is 0 Å². The SMILES string of the molecule is COc1ccc([C@@H]2/C(=C(\O)c3ccc(F)cc3)C(=O)C(=O)N2c2nc(C)c(C)s2)cc1. The number of ether oxygens (including phenoxy) is 1. The molecular formula is C23H19FN2O4S. The molecule has 1 saturated heterocycles. The summed E-state index contributed by atoms with van der Waals surface area (Å²) >= 11 is 1.30. The molecule has 0 aliphatic carbocycles. The van der Waals surface area contributed by atoms with Gasteiger partial charge in [-0.15, -0.1) is 11.3 Å². The molecule has 0 unspecified atom stereocenters. The first-order chi connectivity index (χ1) is 14.8. The number of halogens is 1. The number of anilines is 1. The second-order valence-electron chi connectivity index (χ2n) is 7.09. The van der Waals surface area contributed by atoms with Crippen LogP contribution in [0.2, 0.25) is 0 Å². The highest BCUT2D eigenvalue weighted by molar-refractivity contribution is 7.16. The van der Waals surface area contributed by atoms with Crippen LogP contribution in [0.15, 0.2) is 54.1 Å². The summed E-state index contributed by atoms with van der Waals surface area (Å²) in [6.45, 7) is 3.71. The summed E-state index contributed by atoms with van der Waals surface area (Å²) in [7, 11) is 1.54. The van der Waals surface area contributed by atoms with Crippen LogP contribution >= 0.6 is 11.3 Å². The highest BCUT2D eigenvalue weighted by Gasteiger charge is 2.48. The largest absolute Gasteiger partial charge is 0.507 e. The Balaban J connectivity index is 1.93. The normalized spacial score (nSPS) is 17.9. The fourth-order valence-corrected chi connectivity index (χ4v) is 4.39. The monoisotopic (exact) mass is 438 g/mol. The minimum Gasteiger partial charge on any atom is -0.507 e. The van der Waals surface area contributed by atoms with Crippen molar-refractivity contribution in [2.75, 3.05) is 12.0 Å². The number of Topliss-reactive ketones (excluding diaryl/α,β-unsaturated/α-hetero) is 1. The van der Waals surface area contributed by atoms with Crippen LogP contribution in [0, 0.1) is 19.7 Å². The van der Waals surface area contributed by atoms with Crippen LogP contribution in [0.25, 0.3) is 5.76 Å². The number of aromatic nitrogens is 1. The maximum absolute atomic E-state index is 13.4. The number of rotatable bonds is 4. The van der Waals surface area contributed by atoms with E-state index in [0.717, 1.165) is 10.6 Å². The number of aliphatic hydroxyl groups excluding tert-OH is 1. The van der Waals surface area contributed by atoms with Gasteiger partial charge in [-0.1, -0.05) is 12.1 Å². The molecule has 3 aromatic rings. The predicted octanol–water partition coefficient (Wildman–Crippen LogP) is 4.53. The summed E-state index contributed by atoms with van der Waals surface area (Å²) in [5.41, 5.74) is 1.53. The zero-order valence-corrected chi connectivity index (χ0v) is 17.9. The van der Waals surface area contributed by atoms with E-state index in [9.17, 15) is 19.1 Å². The van der Waals surface area contributed by atoms with Crippen LogP contribution < -0.4 is 9.64 Å². The van der Waals surface area contributed by atoms with Gasteiger partial charge in [0, 0.05) is 10.4 Å². The standard InChI is InChI=1S/C23H19FN2O4S/c1-12-13(2)31-23(25-12)26-19(14-6-10-17(30-3)11-7-14)18(21(28)22(26)29)20(27)15-4-8-16(24)9-5-15/h4-11,19,27H,1-3H3/b20-18+/t19-/m1/s1. The van der Waals surface area contributed by atoms with Gasteiger partial charge in [0.25, 0.3) is 5.78 Å². The van der Waals surface area contributed by atoms with Crippen molar-refractivity contribution in [3.8, 4) is 5.75 Å². The first kappa shape index (κ1) is 20.7. The quantitative estimate of drug-likeness (QED) is 0.368. The number of amides is 1. The average Bonchev–Trinajstić information content (AvgIpc) is 3.23. The van der Waals surface area contributed by atoms with Gasteiger partial charge in [-0.25, -0.2) is 9.37 Å². The molecule has 1 aliphatic rings. The Morgan fingerprint density at radius 2 is 1.74 bits per heavy atom. The smallest absolute Gasteiger partial charge is 0.301 e. The summed E-state index contributed by atoms with van der Waals surface area (Å²) in [6.07, 6.45) is 0. The number of hydrogen-bond donors (Lipinski definition) is 1. The Bertz CT molecular complexity index is 1180. The number of aryl methyl sites for hydroxylation is 2. The second-order valence-corrected chi connectivity index (χ2v) is 8.27. The first-order valence-electron chi connectivity index (χ1n) is 9.46. The van der Waals surface area contributed by atoms with E-state index in [1.54, 1.807) is 24.3 Å². The van der Waals surface area contributed by atoms with E-state index in [-0.39, 0.29) is 16.9 Å². The van der Waals surface area contributed by atoms with E-state index in [0.29, 0.717) is 16.4 Å². The first-order valence-corrected chi connectivity index (χ1v) is 10.3. The number of carbonyl (C=O) groups excluding carboxylic acids is 2. The lowest BCUT2D eigenvalue weighted by atomic mass is 9.95. The van der Waals surface area contributed by atoms with Crippen molar-refractivity contribution in [2.45, 2.75) is 19.9 Å². The van der Waals surface area contributed by atoms with E-state index in [1.807, 2.05) is 13.8 Å². The molecule has 0 saturated carbocycles. The molecule has 6 nitrogen and oxygen atoms in total. The molecule has 0 bridgehead atoms. The fourth-order valence-electron chi connectivity index (χ4n) is 3.45. The van der Waals surface area contributed by atoms with Crippen molar-refractivity contribution >= 4 is 33.9 Å². The zero-order chi connectivity index (χ0) is 22.3. The Hall–Kier alpha value is -3.52. The number of aliphatic hydroxyl groups is 1. The zero-order valence-electron chi connectivity index (χ0n) is 17.0. The van der Waals surface area contributed by atoms with Crippen molar-refractivity contribution < 1.29 is 23.8 Å². The molecule has 8 heteroatoms. The summed E-state index contributed by atoms with van der Waals surface area (Å²) < 4.78 is 18.6. The summed E-state index contributed by atoms with van der Waals surface area (Å²) in [5, 5.41) is 11.3. The molecular weight excluding hydrogens is 419 g/mol. The van der Waals surface area contributed by atoms with Crippen LogP contribution in [0.5, 0.6) is 5.75 Å². The Morgan fingerprint density at radius 3 is 2.29 bits per heavy atom. The van der Waals surface area contributed by atoms with Gasteiger partial charge in [0.15, 0.2) is 5.13 Å². The van der Waals surface area contributed by atoms with Gasteiger partial charge in [-0.05, 0) is 55.8 Å². The number of hydrogen-bond acceptors (Lipinski definition) is 6. The molecule has 1 aromatic heterocycles. The average molecular weight is 438 g/mol. The molecule has 2 heterocycles. The van der Waals surface area contributed by atoms with Gasteiger partial charge < -0.3 is 9.84 Å². The van der Waals surface area contributed by atoms with Crippen LogP contribution in [-0.2, 0) is 9.59 Å². The van der Waals surface area contributed by atoms with Crippen LogP contribution in [0.3, 0.4) is 0 Å². The van der Waals surface area contributed by atoms with E-state index in [1.165, 1.54) is 47.6 Å². The molecule has 158 valence electrons. The predicted molar refractivity (Wildman–Crippen MR) is 116 cm³/mol. The molecule has 4 rings (SSSR count). The topological polar surface area (TPSA) is 79.7 Å². The molecule has 2 aromatic carbocycles. The van der Waals surface area contributed by atoms with E-state index < -0.39 is 23.5 Å². The number of carbonyl (C=O) groups is 2. The highest BCUT2D eigenvalue weighted by atomic mass is 32.1. The summed E-state index contributed by atoms with van der Waals surface area (Å²) in [5.74, 6) is -1.84. The van der Waals surface area contributed by atoms with Crippen molar-refractivity contribution in [3.63, 3.8) is 0 Å². The molecule has 1 aliphatic heterocycles. The number of nitrogens with zero attached hydrogens (tertiary/aromatic N) is 2. The maximum Gasteiger partial charge on any atom is 0.301 e. The lowest BCUT2D eigenvalue weighted by molar-refractivity contribution is -0.132. The molecule has 1 amide bonds. The van der Waals surface area contributed by atoms with Crippen LogP contribution in [0.4, 0.5) is 9.52 Å². The number of ketones is 1. The third-order valence-electron chi connectivity index (χ3n) is 5.22. The van der Waals surface area contributed by atoms with Gasteiger partial charge in [0.1, 0.15) is 17.3 Å². The number of methoxy groups -OCH3 is 1. The van der Waals surface area contributed by atoms with Crippen LogP contribution in [-0.4, -0.2) is 28.9 Å². The van der Waals surface area contributed by atoms with Gasteiger partial charge in [0.2, 0.25) is 0 Å². The number of benzene rings is 2. The van der Waals surface area contributed by atoms with Gasteiger partial charge in [-0.3, -0.25) is 14.5 Å². The summed E-state index contributed by atoms with van der Waals surface area (Å²) in [4.78, 5) is 32.8. The molecule has 0 radical (unpaired) electrons. The van der Waals surface area contributed by atoms with Gasteiger partial charge in [0.05, 0.1) is 24.4 Å². The minimum absolute atomic E-state index is 0.0766. The van der Waals surface area contributed by atoms with Gasteiger partial charge in [-0.2, -0.15) is 0 Å². The molecule has 1 N–H and O–H groups in total. The fraction of sp³-hybridized carbons (Fsp3) is 0.174.